The van der Waals surface area contributed by atoms with Gasteiger partial charge < -0.3 is 5.32 Å². The van der Waals surface area contributed by atoms with E-state index < -0.39 is 0 Å². The van der Waals surface area contributed by atoms with Crippen LogP contribution >= 0.6 is 0 Å². The first-order chi connectivity index (χ1) is 10.6. The zero-order chi connectivity index (χ0) is 15.7. The molecule has 3 rings (SSSR count). The van der Waals surface area contributed by atoms with Gasteiger partial charge in [-0.3, -0.25) is 9.59 Å². The fourth-order valence-corrected chi connectivity index (χ4v) is 5.72. The molecule has 3 saturated carbocycles. The van der Waals surface area contributed by atoms with Gasteiger partial charge in [-0.1, -0.05) is 13.2 Å². The largest absolute Gasteiger partial charge is 0.352 e. The first kappa shape index (κ1) is 15.5. The van der Waals surface area contributed by atoms with Crippen molar-refractivity contribution in [2.24, 2.45) is 35.5 Å². The van der Waals surface area contributed by atoms with Crippen molar-refractivity contribution < 1.29 is 9.59 Å². The van der Waals surface area contributed by atoms with E-state index in [0.717, 1.165) is 42.6 Å². The number of amides is 1. The van der Waals surface area contributed by atoms with Crippen molar-refractivity contribution in [3.8, 4) is 0 Å². The summed E-state index contributed by atoms with van der Waals surface area (Å²) in [5.74, 6) is 4.84. The van der Waals surface area contributed by atoms with E-state index in [9.17, 15) is 9.59 Å². The minimum atomic E-state index is -0.0487. The van der Waals surface area contributed by atoms with Gasteiger partial charge >= 0.3 is 0 Å². The van der Waals surface area contributed by atoms with E-state index in [1.165, 1.54) is 37.8 Å². The van der Waals surface area contributed by atoms with Gasteiger partial charge in [-0.2, -0.15) is 0 Å². The second-order valence-electron chi connectivity index (χ2n) is 7.39. The minimum absolute atomic E-state index is 0.0487. The van der Waals surface area contributed by atoms with Crippen LogP contribution in [0.2, 0.25) is 0 Å². The Bertz CT molecular complexity index is 484. The maximum Gasteiger partial charge on any atom is 0.243 e. The number of fused-ring (bicyclic) bond motifs is 5. The zero-order valence-electron chi connectivity index (χ0n) is 13.3. The molecule has 6 atom stereocenters. The van der Waals surface area contributed by atoms with Gasteiger partial charge in [-0.05, 0) is 79.8 Å². The second-order valence-corrected chi connectivity index (χ2v) is 7.39. The predicted octanol–water partition coefficient (Wildman–Crippen LogP) is 3.12. The maximum absolute atomic E-state index is 11.5. The fraction of sp³-hybridized carbons (Fsp3) is 0.684. The standard InChI is InChI=1S/C19H27NO2/c1-3-15(21)7-5-12-9-14-10-17(12)16-8-6-13(19(14)16)11-20-18(22)4-2/h3-4,12-14,16-17,19H,1-2,5-11H2,(H,20,22). The molecule has 0 saturated heterocycles. The quantitative estimate of drug-likeness (QED) is 0.734. The Balaban J connectivity index is 1.55. The summed E-state index contributed by atoms with van der Waals surface area (Å²) in [6.45, 7) is 7.90. The zero-order valence-corrected chi connectivity index (χ0v) is 13.3. The number of rotatable bonds is 7. The number of hydrogen-bond donors (Lipinski definition) is 1. The molecule has 0 aromatic heterocycles. The van der Waals surface area contributed by atoms with Crippen LogP contribution in [0.25, 0.3) is 0 Å². The third-order valence-electron chi connectivity index (χ3n) is 6.50. The number of carbonyl (C=O) groups is 2. The highest BCUT2D eigenvalue weighted by Gasteiger charge is 2.56. The van der Waals surface area contributed by atoms with Crippen LogP contribution in [-0.4, -0.2) is 18.2 Å². The van der Waals surface area contributed by atoms with E-state index in [0.29, 0.717) is 12.3 Å². The van der Waals surface area contributed by atoms with Gasteiger partial charge in [-0.25, -0.2) is 0 Å². The van der Waals surface area contributed by atoms with E-state index in [1.54, 1.807) is 0 Å². The van der Waals surface area contributed by atoms with Gasteiger partial charge in [-0.15, -0.1) is 0 Å². The average Bonchev–Trinajstić information content (AvgIpc) is 3.21. The van der Waals surface area contributed by atoms with Crippen LogP contribution < -0.4 is 5.32 Å². The summed E-state index contributed by atoms with van der Waals surface area (Å²) in [6.07, 6.45) is 9.76. The van der Waals surface area contributed by atoms with Gasteiger partial charge in [0, 0.05) is 13.0 Å². The number of allylic oxidation sites excluding steroid dienone is 1. The second kappa shape index (κ2) is 6.39. The van der Waals surface area contributed by atoms with Crippen molar-refractivity contribution in [3.05, 3.63) is 25.3 Å². The highest BCUT2D eigenvalue weighted by atomic mass is 16.1. The molecule has 120 valence electrons. The normalized spacial score (nSPS) is 38.5. The fourth-order valence-electron chi connectivity index (χ4n) is 5.72. The molecule has 0 spiro atoms. The van der Waals surface area contributed by atoms with Crippen molar-refractivity contribution in [2.45, 2.75) is 38.5 Å². The lowest BCUT2D eigenvalue weighted by molar-refractivity contribution is -0.117. The van der Waals surface area contributed by atoms with Gasteiger partial charge in [0.05, 0.1) is 0 Å². The van der Waals surface area contributed by atoms with Crippen molar-refractivity contribution in [3.63, 3.8) is 0 Å². The Kier molecular flexibility index (Phi) is 4.51. The van der Waals surface area contributed by atoms with Crippen molar-refractivity contribution in [2.75, 3.05) is 6.54 Å². The Morgan fingerprint density at radius 1 is 1.05 bits per heavy atom. The summed E-state index contributed by atoms with van der Waals surface area (Å²) in [6, 6.07) is 0. The van der Waals surface area contributed by atoms with E-state index in [-0.39, 0.29) is 11.7 Å². The van der Waals surface area contributed by atoms with Crippen LogP contribution in [0.5, 0.6) is 0 Å². The molecule has 0 aliphatic heterocycles. The molecule has 2 bridgehead atoms. The lowest BCUT2D eigenvalue weighted by atomic mass is 9.72. The molecule has 3 fully saturated rings. The average molecular weight is 301 g/mol. The molecule has 0 heterocycles. The molecule has 1 amide bonds. The summed E-state index contributed by atoms with van der Waals surface area (Å²) in [4.78, 5) is 22.8. The van der Waals surface area contributed by atoms with Crippen molar-refractivity contribution in [1.29, 1.82) is 0 Å². The van der Waals surface area contributed by atoms with Crippen LogP contribution in [0.15, 0.2) is 25.3 Å². The molecule has 6 unspecified atom stereocenters. The summed E-state index contributed by atoms with van der Waals surface area (Å²) >= 11 is 0. The van der Waals surface area contributed by atoms with E-state index in [2.05, 4.69) is 18.5 Å². The summed E-state index contributed by atoms with van der Waals surface area (Å²) in [5.41, 5.74) is 0. The third kappa shape index (κ3) is 2.78. The molecule has 3 nitrogen and oxygen atoms in total. The Morgan fingerprint density at radius 2 is 1.86 bits per heavy atom. The Labute approximate surface area is 133 Å². The van der Waals surface area contributed by atoms with Crippen LogP contribution in [0.1, 0.15) is 38.5 Å². The number of carbonyl (C=O) groups excluding carboxylic acids is 2. The lowest BCUT2D eigenvalue weighted by Gasteiger charge is -2.34. The summed E-state index contributed by atoms with van der Waals surface area (Å²) in [5, 5.41) is 2.99. The SMILES string of the molecule is C=CC(=O)CCC1CC2CC1C1CCC(CNC(=O)C=C)C21. The molecular weight excluding hydrogens is 274 g/mol. The van der Waals surface area contributed by atoms with Crippen LogP contribution in [0.3, 0.4) is 0 Å². The Hall–Kier alpha value is -1.38. The van der Waals surface area contributed by atoms with Crippen LogP contribution in [-0.2, 0) is 9.59 Å². The molecule has 1 N–H and O–H groups in total. The molecule has 0 aromatic carbocycles. The van der Waals surface area contributed by atoms with Crippen molar-refractivity contribution >= 4 is 11.7 Å². The molecule has 3 aliphatic carbocycles. The maximum atomic E-state index is 11.5. The monoisotopic (exact) mass is 301 g/mol. The van der Waals surface area contributed by atoms with E-state index in [1.807, 2.05) is 0 Å². The molecule has 3 heteroatoms. The topological polar surface area (TPSA) is 46.2 Å². The molecule has 0 aromatic rings. The van der Waals surface area contributed by atoms with Gasteiger partial charge in [0.15, 0.2) is 5.78 Å². The predicted molar refractivity (Wildman–Crippen MR) is 87.1 cm³/mol. The molecule has 22 heavy (non-hydrogen) atoms. The van der Waals surface area contributed by atoms with Crippen LogP contribution in [0.4, 0.5) is 0 Å². The highest BCUT2D eigenvalue weighted by Crippen LogP contribution is 2.63. The van der Waals surface area contributed by atoms with Gasteiger partial charge in [0.1, 0.15) is 0 Å². The third-order valence-corrected chi connectivity index (χ3v) is 6.50. The summed E-state index contributed by atoms with van der Waals surface area (Å²) < 4.78 is 0. The first-order valence-corrected chi connectivity index (χ1v) is 8.69. The molecule has 0 radical (unpaired) electrons. The van der Waals surface area contributed by atoms with Gasteiger partial charge in [0.25, 0.3) is 0 Å². The van der Waals surface area contributed by atoms with Crippen LogP contribution in [0, 0.1) is 35.5 Å². The van der Waals surface area contributed by atoms with E-state index >= 15 is 0 Å². The number of hydrogen-bond acceptors (Lipinski definition) is 2. The first-order valence-electron chi connectivity index (χ1n) is 8.69. The Morgan fingerprint density at radius 3 is 2.59 bits per heavy atom. The molecule has 3 aliphatic rings. The van der Waals surface area contributed by atoms with Crippen molar-refractivity contribution in [1.82, 2.24) is 5.32 Å². The summed E-state index contributed by atoms with van der Waals surface area (Å²) in [7, 11) is 0. The number of nitrogens with one attached hydrogen (secondary N) is 1. The molecular formula is C19H27NO2. The van der Waals surface area contributed by atoms with E-state index in [4.69, 9.17) is 0 Å². The van der Waals surface area contributed by atoms with Gasteiger partial charge in [0.2, 0.25) is 5.91 Å². The number of ketones is 1. The highest BCUT2D eigenvalue weighted by molar-refractivity contribution is 5.89. The lowest BCUT2D eigenvalue weighted by Crippen LogP contribution is -2.34. The smallest absolute Gasteiger partial charge is 0.243 e. The minimum Gasteiger partial charge on any atom is -0.352 e.